The van der Waals surface area contributed by atoms with E-state index in [2.05, 4.69) is 34.2 Å². The molecule has 3 heteroatoms. The third kappa shape index (κ3) is 3.58. The minimum atomic E-state index is 0.104. The highest BCUT2D eigenvalue weighted by molar-refractivity contribution is 9.10. The smallest absolute Gasteiger partial charge is 0.120 e. The van der Waals surface area contributed by atoms with Crippen molar-refractivity contribution in [2.24, 2.45) is 0 Å². The van der Waals surface area contributed by atoms with Gasteiger partial charge in [0.15, 0.2) is 0 Å². The molecule has 19 heavy (non-hydrogen) atoms. The average molecular weight is 320 g/mol. The van der Waals surface area contributed by atoms with Gasteiger partial charge in [0.25, 0.3) is 0 Å². The highest BCUT2D eigenvalue weighted by Gasteiger charge is 2.10. The Morgan fingerprint density at radius 3 is 2.63 bits per heavy atom. The molecule has 0 heterocycles. The molecule has 0 fully saturated rings. The Bertz CT molecular complexity index is 568. The second-order valence-corrected chi connectivity index (χ2v) is 5.61. The van der Waals surface area contributed by atoms with Crippen LogP contribution < -0.4 is 5.32 Å². The van der Waals surface area contributed by atoms with E-state index in [1.165, 1.54) is 5.56 Å². The summed E-state index contributed by atoms with van der Waals surface area (Å²) in [6.07, 6.45) is 0. The van der Waals surface area contributed by atoms with Crippen LogP contribution in [-0.2, 0) is 6.54 Å². The van der Waals surface area contributed by atoms with E-state index in [4.69, 9.17) is 0 Å². The van der Waals surface area contributed by atoms with Gasteiger partial charge in [-0.05, 0) is 37.1 Å². The third-order valence-electron chi connectivity index (χ3n) is 3.21. The minimum Gasteiger partial charge on any atom is -0.508 e. The zero-order valence-electron chi connectivity index (χ0n) is 11.2. The first kappa shape index (κ1) is 14.1. The summed E-state index contributed by atoms with van der Waals surface area (Å²) in [7, 11) is 0. The average Bonchev–Trinajstić information content (AvgIpc) is 2.37. The van der Waals surface area contributed by atoms with Gasteiger partial charge in [-0.3, -0.25) is 0 Å². The van der Waals surface area contributed by atoms with E-state index in [0.29, 0.717) is 5.75 Å². The standard InChI is InChI=1S/C16H18BrNO/c1-11-7-8-14(16(19)9-11)12(2)18-10-13-5-3-4-6-15(13)17/h3-9,12,18-19H,10H2,1-2H3. The van der Waals surface area contributed by atoms with E-state index in [9.17, 15) is 5.11 Å². The highest BCUT2D eigenvalue weighted by Crippen LogP contribution is 2.25. The van der Waals surface area contributed by atoms with Gasteiger partial charge >= 0.3 is 0 Å². The second-order valence-electron chi connectivity index (χ2n) is 4.76. The van der Waals surface area contributed by atoms with Crippen LogP contribution in [0.25, 0.3) is 0 Å². The van der Waals surface area contributed by atoms with Crippen molar-refractivity contribution >= 4 is 15.9 Å². The third-order valence-corrected chi connectivity index (χ3v) is 3.98. The molecule has 0 amide bonds. The van der Waals surface area contributed by atoms with Crippen molar-refractivity contribution < 1.29 is 5.11 Å². The van der Waals surface area contributed by atoms with E-state index in [1.54, 1.807) is 6.07 Å². The summed E-state index contributed by atoms with van der Waals surface area (Å²) in [4.78, 5) is 0. The van der Waals surface area contributed by atoms with Gasteiger partial charge in [0, 0.05) is 22.6 Å². The molecule has 0 saturated heterocycles. The topological polar surface area (TPSA) is 32.3 Å². The van der Waals surface area contributed by atoms with Gasteiger partial charge in [-0.2, -0.15) is 0 Å². The second kappa shape index (κ2) is 6.22. The van der Waals surface area contributed by atoms with E-state index >= 15 is 0 Å². The number of nitrogens with one attached hydrogen (secondary N) is 1. The fraction of sp³-hybridized carbons (Fsp3) is 0.250. The summed E-state index contributed by atoms with van der Waals surface area (Å²) >= 11 is 3.54. The Morgan fingerprint density at radius 2 is 1.95 bits per heavy atom. The van der Waals surface area contributed by atoms with Crippen molar-refractivity contribution in [2.75, 3.05) is 0 Å². The number of halogens is 1. The molecular formula is C16H18BrNO. The van der Waals surface area contributed by atoms with Crippen molar-refractivity contribution in [1.82, 2.24) is 5.32 Å². The molecule has 0 spiro atoms. The summed E-state index contributed by atoms with van der Waals surface area (Å²) in [5.41, 5.74) is 3.21. The number of phenols is 1. The Kier molecular flexibility index (Phi) is 4.61. The molecule has 2 N–H and O–H groups in total. The summed E-state index contributed by atoms with van der Waals surface area (Å²) < 4.78 is 1.10. The van der Waals surface area contributed by atoms with Gasteiger partial charge in [0.2, 0.25) is 0 Å². The van der Waals surface area contributed by atoms with Crippen LogP contribution in [0.4, 0.5) is 0 Å². The molecule has 1 atom stereocenters. The predicted molar refractivity (Wildman–Crippen MR) is 82.2 cm³/mol. The summed E-state index contributed by atoms with van der Waals surface area (Å²) in [6.45, 7) is 4.79. The van der Waals surface area contributed by atoms with Crippen LogP contribution in [0.15, 0.2) is 46.9 Å². The van der Waals surface area contributed by atoms with Crippen LogP contribution in [0, 0.1) is 6.92 Å². The minimum absolute atomic E-state index is 0.104. The molecule has 0 bridgehead atoms. The van der Waals surface area contributed by atoms with Crippen molar-refractivity contribution in [1.29, 1.82) is 0 Å². The first-order valence-corrected chi connectivity index (χ1v) is 7.13. The molecule has 0 aliphatic heterocycles. The van der Waals surface area contributed by atoms with Crippen LogP contribution in [0.5, 0.6) is 5.75 Å². The normalized spacial score (nSPS) is 12.4. The van der Waals surface area contributed by atoms with Gasteiger partial charge in [-0.15, -0.1) is 0 Å². The molecule has 0 aromatic heterocycles. The molecule has 0 aliphatic carbocycles. The molecule has 2 nitrogen and oxygen atoms in total. The lowest BCUT2D eigenvalue weighted by molar-refractivity contribution is 0.452. The molecular weight excluding hydrogens is 302 g/mol. The first-order chi connectivity index (χ1) is 9.08. The quantitative estimate of drug-likeness (QED) is 0.879. The lowest BCUT2D eigenvalue weighted by Crippen LogP contribution is -2.18. The SMILES string of the molecule is Cc1ccc(C(C)NCc2ccccc2Br)c(O)c1. The van der Waals surface area contributed by atoms with Gasteiger partial charge in [-0.1, -0.05) is 46.3 Å². The van der Waals surface area contributed by atoms with Crippen LogP contribution in [0.3, 0.4) is 0 Å². The summed E-state index contributed by atoms with van der Waals surface area (Å²) in [6, 6.07) is 14.0. The van der Waals surface area contributed by atoms with Crippen molar-refractivity contribution in [3.05, 3.63) is 63.6 Å². The summed E-state index contributed by atoms with van der Waals surface area (Å²) in [5.74, 6) is 0.354. The van der Waals surface area contributed by atoms with Crippen LogP contribution in [-0.4, -0.2) is 5.11 Å². The van der Waals surface area contributed by atoms with Crippen molar-refractivity contribution in [3.8, 4) is 5.75 Å². The molecule has 2 aromatic carbocycles. The number of hydrogen-bond acceptors (Lipinski definition) is 2. The molecule has 1 unspecified atom stereocenters. The Balaban J connectivity index is 2.05. The van der Waals surface area contributed by atoms with Crippen molar-refractivity contribution in [3.63, 3.8) is 0 Å². The fourth-order valence-corrected chi connectivity index (χ4v) is 2.46. The maximum Gasteiger partial charge on any atom is 0.120 e. The Morgan fingerprint density at radius 1 is 1.21 bits per heavy atom. The molecule has 2 aromatic rings. The Labute approximate surface area is 122 Å². The van der Waals surface area contributed by atoms with Gasteiger partial charge in [-0.25, -0.2) is 0 Å². The lowest BCUT2D eigenvalue weighted by atomic mass is 10.0. The van der Waals surface area contributed by atoms with Crippen LogP contribution in [0.2, 0.25) is 0 Å². The largest absolute Gasteiger partial charge is 0.508 e. The van der Waals surface area contributed by atoms with Gasteiger partial charge in [0.1, 0.15) is 5.75 Å². The van der Waals surface area contributed by atoms with Gasteiger partial charge < -0.3 is 10.4 Å². The zero-order valence-corrected chi connectivity index (χ0v) is 12.7. The zero-order chi connectivity index (χ0) is 13.8. The number of hydrogen-bond donors (Lipinski definition) is 2. The maximum atomic E-state index is 9.96. The molecule has 2 rings (SSSR count). The van der Waals surface area contributed by atoms with Gasteiger partial charge in [0.05, 0.1) is 0 Å². The lowest BCUT2D eigenvalue weighted by Gasteiger charge is -2.16. The molecule has 0 aliphatic rings. The van der Waals surface area contributed by atoms with E-state index in [1.807, 2.05) is 37.3 Å². The number of rotatable bonds is 4. The molecule has 0 radical (unpaired) electrons. The monoisotopic (exact) mass is 319 g/mol. The number of benzene rings is 2. The van der Waals surface area contributed by atoms with E-state index in [-0.39, 0.29) is 6.04 Å². The molecule has 0 saturated carbocycles. The number of aryl methyl sites for hydroxylation is 1. The number of phenolic OH excluding ortho intramolecular Hbond substituents is 1. The summed E-state index contributed by atoms with van der Waals surface area (Å²) in [5, 5.41) is 13.4. The first-order valence-electron chi connectivity index (χ1n) is 6.34. The predicted octanol–water partition coefficient (Wildman–Crippen LogP) is 4.31. The fourth-order valence-electron chi connectivity index (χ4n) is 2.03. The van der Waals surface area contributed by atoms with Crippen molar-refractivity contribution in [2.45, 2.75) is 26.4 Å². The highest BCUT2D eigenvalue weighted by atomic mass is 79.9. The number of aromatic hydroxyl groups is 1. The Hall–Kier alpha value is -1.32. The molecule has 100 valence electrons. The maximum absolute atomic E-state index is 9.96. The van der Waals surface area contributed by atoms with E-state index < -0.39 is 0 Å². The van der Waals surface area contributed by atoms with E-state index in [0.717, 1.165) is 22.1 Å². The van der Waals surface area contributed by atoms with Crippen LogP contribution in [0.1, 0.15) is 29.7 Å². The van der Waals surface area contributed by atoms with Crippen LogP contribution >= 0.6 is 15.9 Å².